The summed E-state index contributed by atoms with van der Waals surface area (Å²) in [5, 5.41) is 16.7. The number of morpholine rings is 1. The molecule has 2 rings (SSSR count). The van der Waals surface area contributed by atoms with Gasteiger partial charge in [0, 0.05) is 13.1 Å². The van der Waals surface area contributed by atoms with Gasteiger partial charge in [0.25, 0.3) is 0 Å². The van der Waals surface area contributed by atoms with Crippen LogP contribution in [0, 0.1) is 0 Å². The van der Waals surface area contributed by atoms with Gasteiger partial charge < -0.3 is 14.7 Å². The van der Waals surface area contributed by atoms with E-state index in [2.05, 4.69) is 10.2 Å². The van der Waals surface area contributed by atoms with Crippen LogP contribution in [0.5, 0.6) is 0 Å². The molecule has 1 aromatic heterocycles. The molecule has 9 heteroatoms. The Morgan fingerprint density at radius 3 is 2.85 bits per heavy atom. The summed E-state index contributed by atoms with van der Waals surface area (Å²) in [6.07, 6.45) is 1.45. The number of rotatable bonds is 5. The minimum Gasteiger partial charge on any atom is -0.481 e. The lowest BCUT2D eigenvalue weighted by molar-refractivity contribution is -0.138. The predicted octanol–water partition coefficient (Wildman–Crippen LogP) is -0.125. The van der Waals surface area contributed by atoms with Crippen molar-refractivity contribution in [2.45, 2.75) is 18.1 Å². The summed E-state index contributed by atoms with van der Waals surface area (Å²) in [5.41, 5.74) is 0. The van der Waals surface area contributed by atoms with Crippen molar-refractivity contribution in [1.82, 2.24) is 19.7 Å². The summed E-state index contributed by atoms with van der Waals surface area (Å²) in [6, 6.07) is -0.459. The largest absolute Gasteiger partial charge is 0.481 e. The molecule has 1 saturated heterocycles. The Bertz CT molecular complexity index is 487. The third kappa shape index (κ3) is 3.48. The molecular weight excluding hydrogens is 284 g/mol. The molecule has 0 spiro atoms. The normalized spacial score (nSPS) is 16.9. The van der Waals surface area contributed by atoms with Gasteiger partial charge in [-0.05, 0) is 6.92 Å². The number of hydrogen-bond donors (Lipinski definition) is 1. The minimum atomic E-state index is -0.934. The summed E-state index contributed by atoms with van der Waals surface area (Å²) in [4.78, 5) is 24.7. The zero-order chi connectivity index (χ0) is 14.5. The van der Waals surface area contributed by atoms with Crippen molar-refractivity contribution in [2.24, 2.45) is 0 Å². The highest BCUT2D eigenvalue weighted by molar-refractivity contribution is 7.99. The van der Waals surface area contributed by atoms with Crippen molar-refractivity contribution < 1.29 is 19.4 Å². The summed E-state index contributed by atoms with van der Waals surface area (Å²) >= 11 is 1.05. The Balaban J connectivity index is 2.04. The molecule has 20 heavy (non-hydrogen) atoms. The lowest BCUT2D eigenvalue weighted by Crippen LogP contribution is -2.43. The monoisotopic (exact) mass is 300 g/mol. The summed E-state index contributed by atoms with van der Waals surface area (Å²) in [5.74, 6) is -1.08. The molecular formula is C11H16N4O4S. The molecule has 8 nitrogen and oxygen atoms in total. The second-order valence-electron chi connectivity index (χ2n) is 4.32. The fraction of sp³-hybridized carbons (Fsp3) is 0.636. The molecule has 1 unspecified atom stereocenters. The first-order chi connectivity index (χ1) is 9.59. The van der Waals surface area contributed by atoms with Crippen LogP contribution in [0.1, 0.15) is 13.0 Å². The molecule has 0 radical (unpaired) electrons. The topological polar surface area (TPSA) is 97.5 Å². The van der Waals surface area contributed by atoms with Crippen molar-refractivity contribution in [1.29, 1.82) is 0 Å². The van der Waals surface area contributed by atoms with Crippen LogP contribution < -0.4 is 0 Å². The fourth-order valence-electron chi connectivity index (χ4n) is 1.89. The number of carbonyl (C=O) groups is 2. The first-order valence-corrected chi connectivity index (χ1v) is 7.19. The Morgan fingerprint density at radius 1 is 1.50 bits per heavy atom. The van der Waals surface area contributed by atoms with Crippen LogP contribution in [0.25, 0.3) is 0 Å². The van der Waals surface area contributed by atoms with Gasteiger partial charge in [-0.15, -0.1) is 10.2 Å². The van der Waals surface area contributed by atoms with E-state index in [1.54, 1.807) is 16.4 Å². The molecule has 1 N–H and O–H groups in total. The van der Waals surface area contributed by atoms with Gasteiger partial charge in [-0.25, -0.2) is 0 Å². The number of amides is 1. The van der Waals surface area contributed by atoms with Crippen LogP contribution in [0.2, 0.25) is 0 Å². The number of carboxylic acids is 1. The van der Waals surface area contributed by atoms with Crippen molar-refractivity contribution in [2.75, 3.05) is 32.1 Å². The van der Waals surface area contributed by atoms with Crippen molar-refractivity contribution in [3.8, 4) is 0 Å². The Hall–Kier alpha value is -1.61. The lowest BCUT2D eigenvalue weighted by atomic mass is 10.2. The highest BCUT2D eigenvalue weighted by Gasteiger charge is 2.25. The molecule has 1 atom stereocenters. The van der Waals surface area contributed by atoms with Crippen LogP contribution in [0.3, 0.4) is 0 Å². The Morgan fingerprint density at radius 2 is 2.20 bits per heavy atom. The minimum absolute atomic E-state index is 0.0368. The number of aromatic nitrogens is 3. The average molecular weight is 300 g/mol. The first-order valence-electron chi connectivity index (χ1n) is 6.20. The zero-order valence-electron chi connectivity index (χ0n) is 11.1. The van der Waals surface area contributed by atoms with Gasteiger partial charge in [-0.3, -0.25) is 14.2 Å². The standard InChI is InChI=1S/C11H16N4O4S/c1-8(10(18)14-2-4-19-5-3-14)15-7-12-13-11(15)20-6-9(16)17/h7-8H,2-6H2,1H3,(H,16,17). The number of thioether (sulfide) groups is 1. The van der Waals surface area contributed by atoms with Crippen LogP contribution in [-0.4, -0.2) is 68.7 Å². The number of hydrogen-bond acceptors (Lipinski definition) is 6. The molecule has 1 amide bonds. The third-order valence-electron chi connectivity index (χ3n) is 2.96. The molecule has 0 aliphatic carbocycles. The van der Waals surface area contributed by atoms with Gasteiger partial charge in [0.05, 0.1) is 19.0 Å². The summed E-state index contributed by atoms with van der Waals surface area (Å²) in [6.45, 7) is 3.99. The summed E-state index contributed by atoms with van der Waals surface area (Å²) in [7, 11) is 0. The smallest absolute Gasteiger partial charge is 0.313 e. The van der Waals surface area contributed by atoms with Gasteiger partial charge in [-0.2, -0.15) is 0 Å². The molecule has 1 aromatic rings. The molecule has 1 aliphatic heterocycles. The van der Waals surface area contributed by atoms with Gasteiger partial charge in [-0.1, -0.05) is 11.8 Å². The number of ether oxygens (including phenoxy) is 1. The van der Waals surface area contributed by atoms with E-state index in [0.717, 1.165) is 11.8 Å². The lowest BCUT2D eigenvalue weighted by Gasteiger charge is -2.29. The number of carbonyl (C=O) groups excluding carboxylic acids is 1. The molecule has 2 heterocycles. The fourth-order valence-corrected chi connectivity index (χ4v) is 2.61. The highest BCUT2D eigenvalue weighted by Crippen LogP contribution is 2.20. The van der Waals surface area contributed by atoms with Crippen LogP contribution in [0.15, 0.2) is 11.5 Å². The predicted molar refractivity (Wildman–Crippen MR) is 70.5 cm³/mol. The van der Waals surface area contributed by atoms with Crippen molar-refractivity contribution in [3.05, 3.63) is 6.33 Å². The Kier molecular flexibility index (Phi) is 4.96. The van der Waals surface area contributed by atoms with Gasteiger partial charge in [0.15, 0.2) is 5.16 Å². The van der Waals surface area contributed by atoms with Gasteiger partial charge >= 0.3 is 5.97 Å². The van der Waals surface area contributed by atoms with E-state index in [-0.39, 0.29) is 11.7 Å². The molecule has 0 bridgehead atoms. The summed E-state index contributed by atoms with van der Waals surface area (Å²) < 4.78 is 6.82. The second kappa shape index (κ2) is 6.71. The van der Waals surface area contributed by atoms with E-state index in [1.807, 2.05) is 0 Å². The van der Waals surface area contributed by atoms with Crippen LogP contribution >= 0.6 is 11.8 Å². The molecule has 0 saturated carbocycles. The van der Waals surface area contributed by atoms with Gasteiger partial charge in [0.2, 0.25) is 5.91 Å². The Labute approximate surface area is 120 Å². The van der Waals surface area contributed by atoms with E-state index in [0.29, 0.717) is 31.5 Å². The highest BCUT2D eigenvalue weighted by atomic mass is 32.2. The van der Waals surface area contributed by atoms with E-state index >= 15 is 0 Å². The van der Waals surface area contributed by atoms with E-state index < -0.39 is 12.0 Å². The van der Waals surface area contributed by atoms with E-state index in [9.17, 15) is 9.59 Å². The van der Waals surface area contributed by atoms with Crippen molar-refractivity contribution >= 4 is 23.6 Å². The first kappa shape index (κ1) is 14.8. The van der Waals surface area contributed by atoms with Crippen LogP contribution in [-0.2, 0) is 14.3 Å². The maximum Gasteiger partial charge on any atom is 0.313 e. The molecule has 1 aliphatic rings. The molecule has 110 valence electrons. The number of carboxylic acid groups (broad SMARTS) is 1. The zero-order valence-corrected chi connectivity index (χ0v) is 11.9. The average Bonchev–Trinajstić information content (AvgIpc) is 2.93. The maximum absolute atomic E-state index is 12.4. The van der Waals surface area contributed by atoms with Crippen LogP contribution in [0.4, 0.5) is 0 Å². The van der Waals surface area contributed by atoms with E-state index in [1.165, 1.54) is 6.33 Å². The number of nitrogens with zero attached hydrogens (tertiary/aromatic N) is 4. The van der Waals surface area contributed by atoms with E-state index in [4.69, 9.17) is 9.84 Å². The molecule has 0 aromatic carbocycles. The maximum atomic E-state index is 12.4. The third-order valence-corrected chi connectivity index (χ3v) is 3.90. The molecule has 1 fully saturated rings. The second-order valence-corrected chi connectivity index (χ2v) is 5.26. The quantitative estimate of drug-likeness (QED) is 0.757. The van der Waals surface area contributed by atoms with Gasteiger partial charge in [0.1, 0.15) is 12.4 Å². The van der Waals surface area contributed by atoms with Crippen molar-refractivity contribution in [3.63, 3.8) is 0 Å². The SMILES string of the molecule is CC(C(=O)N1CCOCC1)n1cnnc1SCC(=O)O. The number of aliphatic carboxylic acids is 1.